The summed E-state index contributed by atoms with van der Waals surface area (Å²) in [5, 5.41) is 0. The molecular formula is C15H20F2N2O2. The number of ether oxygens (including phenoxy) is 1. The van der Waals surface area contributed by atoms with Gasteiger partial charge in [0.25, 0.3) is 5.91 Å². The second-order valence-electron chi connectivity index (χ2n) is 5.71. The van der Waals surface area contributed by atoms with E-state index in [1.54, 1.807) is 4.90 Å². The van der Waals surface area contributed by atoms with Crippen molar-refractivity contribution in [3.63, 3.8) is 0 Å². The highest BCUT2D eigenvalue weighted by molar-refractivity contribution is 5.94. The fourth-order valence-corrected chi connectivity index (χ4v) is 2.42. The van der Waals surface area contributed by atoms with Crippen molar-refractivity contribution in [3.8, 4) is 5.75 Å². The van der Waals surface area contributed by atoms with Crippen LogP contribution in [0.15, 0.2) is 24.3 Å². The lowest BCUT2D eigenvalue weighted by atomic mass is 9.80. The Kier molecular flexibility index (Phi) is 4.77. The van der Waals surface area contributed by atoms with Gasteiger partial charge in [0.15, 0.2) is 0 Å². The van der Waals surface area contributed by atoms with E-state index in [0.29, 0.717) is 25.2 Å². The summed E-state index contributed by atoms with van der Waals surface area (Å²) in [6.45, 7) is 1.23. The first-order valence-corrected chi connectivity index (χ1v) is 6.98. The van der Waals surface area contributed by atoms with Crippen LogP contribution in [0.25, 0.3) is 0 Å². The van der Waals surface area contributed by atoms with Crippen LogP contribution in [0.1, 0.15) is 30.1 Å². The van der Waals surface area contributed by atoms with Crippen molar-refractivity contribution >= 4 is 5.91 Å². The van der Waals surface area contributed by atoms with Gasteiger partial charge in [-0.3, -0.25) is 4.79 Å². The highest BCUT2D eigenvalue weighted by Gasteiger charge is 2.30. The van der Waals surface area contributed by atoms with Gasteiger partial charge in [-0.1, -0.05) is 6.92 Å². The Morgan fingerprint density at radius 2 is 1.90 bits per heavy atom. The number of rotatable bonds is 4. The van der Waals surface area contributed by atoms with E-state index in [1.807, 2.05) is 0 Å². The minimum atomic E-state index is -2.86. The Labute approximate surface area is 122 Å². The van der Waals surface area contributed by atoms with Gasteiger partial charge in [-0.05, 0) is 49.1 Å². The molecule has 0 aliphatic carbocycles. The van der Waals surface area contributed by atoms with Crippen molar-refractivity contribution in [3.05, 3.63) is 29.8 Å². The molecule has 0 aromatic heterocycles. The monoisotopic (exact) mass is 298 g/mol. The largest absolute Gasteiger partial charge is 0.435 e. The molecule has 1 amide bonds. The zero-order chi connectivity index (χ0) is 15.5. The first-order valence-electron chi connectivity index (χ1n) is 6.98. The van der Waals surface area contributed by atoms with E-state index in [1.165, 1.54) is 24.3 Å². The number of nitrogens with zero attached hydrogens (tertiary/aromatic N) is 1. The molecule has 1 heterocycles. The number of likely N-dealkylation sites (tertiary alicyclic amines) is 1. The Hall–Kier alpha value is -1.69. The number of alkyl halides is 2. The van der Waals surface area contributed by atoms with E-state index in [0.717, 1.165) is 12.8 Å². The zero-order valence-electron chi connectivity index (χ0n) is 12.0. The van der Waals surface area contributed by atoms with Crippen LogP contribution in [0, 0.1) is 5.41 Å². The molecule has 6 heteroatoms. The predicted octanol–water partition coefficient (Wildman–Crippen LogP) is 2.49. The minimum Gasteiger partial charge on any atom is -0.435 e. The summed E-state index contributed by atoms with van der Waals surface area (Å²) in [7, 11) is 0. The number of hydrogen-bond acceptors (Lipinski definition) is 3. The lowest BCUT2D eigenvalue weighted by molar-refractivity contribution is -0.0498. The van der Waals surface area contributed by atoms with Crippen LogP contribution in [-0.4, -0.2) is 37.1 Å². The van der Waals surface area contributed by atoms with Gasteiger partial charge in [-0.25, -0.2) is 0 Å². The van der Waals surface area contributed by atoms with Crippen LogP contribution in [0.3, 0.4) is 0 Å². The maximum atomic E-state index is 12.3. The van der Waals surface area contributed by atoms with Crippen molar-refractivity contribution in [2.24, 2.45) is 11.1 Å². The van der Waals surface area contributed by atoms with Crippen LogP contribution in [0.5, 0.6) is 5.75 Å². The van der Waals surface area contributed by atoms with E-state index in [2.05, 4.69) is 11.7 Å². The number of piperidine rings is 1. The first-order chi connectivity index (χ1) is 9.93. The van der Waals surface area contributed by atoms with E-state index < -0.39 is 6.61 Å². The second kappa shape index (κ2) is 6.39. The summed E-state index contributed by atoms with van der Waals surface area (Å²) in [6, 6.07) is 5.79. The summed E-state index contributed by atoms with van der Waals surface area (Å²) in [5.41, 5.74) is 6.33. The zero-order valence-corrected chi connectivity index (χ0v) is 12.0. The fraction of sp³-hybridized carbons (Fsp3) is 0.533. The van der Waals surface area contributed by atoms with Crippen molar-refractivity contribution in [2.75, 3.05) is 19.6 Å². The van der Waals surface area contributed by atoms with Crippen molar-refractivity contribution < 1.29 is 18.3 Å². The number of carbonyl (C=O) groups excluding carboxylic acids is 1. The number of amides is 1. The molecule has 0 radical (unpaired) electrons. The number of carbonyl (C=O) groups is 1. The molecule has 1 fully saturated rings. The molecular weight excluding hydrogens is 278 g/mol. The average molecular weight is 298 g/mol. The quantitative estimate of drug-likeness (QED) is 0.929. The van der Waals surface area contributed by atoms with Crippen LogP contribution in [-0.2, 0) is 0 Å². The van der Waals surface area contributed by atoms with Crippen molar-refractivity contribution in [1.29, 1.82) is 0 Å². The molecule has 1 aliphatic rings. The molecule has 0 bridgehead atoms. The molecule has 116 valence electrons. The Morgan fingerprint density at radius 3 is 2.38 bits per heavy atom. The van der Waals surface area contributed by atoms with Gasteiger partial charge in [0.2, 0.25) is 0 Å². The standard InChI is InChI=1S/C15H20F2N2O2/c1-15(10-18)6-8-19(9-7-15)13(20)11-2-4-12(5-3-11)21-14(16)17/h2-5,14H,6-10,18H2,1H3. The SMILES string of the molecule is CC1(CN)CCN(C(=O)c2ccc(OC(F)F)cc2)CC1. The third-order valence-corrected chi connectivity index (χ3v) is 4.08. The normalized spacial score (nSPS) is 17.9. The van der Waals surface area contributed by atoms with E-state index >= 15 is 0 Å². The summed E-state index contributed by atoms with van der Waals surface area (Å²) < 4.78 is 28.4. The molecule has 2 N–H and O–H groups in total. The number of halogens is 2. The van der Waals surface area contributed by atoms with Crippen molar-refractivity contribution in [2.45, 2.75) is 26.4 Å². The molecule has 0 spiro atoms. The molecule has 0 unspecified atom stereocenters. The Bertz CT molecular complexity index is 483. The van der Waals surface area contributed by atoms with Crippen LogP contribution >= 0.6 is 0 Å². The van der Waals surface area contributed by atoms with Crippen LogP contribution < -0.4 is 10.5 Å². The van der Waals surface area contributed by atoms with E-state index in [9.17, 15) is 13.6 Å². The van der Waals surface area contributed by atoms with Crippen LogP contribution in [0.2, 0.25) is 0 Å². The molecule has 2 rings (SSSR count). The molecule has 1 aromatic carbocycles. The summed E-state index contributed by atoms with van der Waals surface area (Å²) in [4.78, 5) is 14.1. The summed E-state index contributed by atoms with van der Waals surface area (Å²) in [5.74, 6) is -0.0337. The fourth-order valence-electron chi connectivity index (χ4n) is 2.42. The van der Waals surface area contributed by atoms with Gasteiger partial charge < -0.3 is 15.4 Å². The third kappa shape index (κ3) is 3.91. The van der Waals surface area contributed by atoms with E-state index in [-0.39, 0.29) is 17.1 Å². The lowest BCUT2D eigenvalue weighted by Gasteiger charge is -2.38. The highest BCUT2D eigenvalue weighted by atomic mass is 19.3. The second-order valence-corrected chi connectivity index (χ2v) is 5.71. The Balaban J connectivity index is 1.98. The predicted molar refractivity (Wildman–Crippen MR) is 75.4 cm³/mol. The van der Waals surface area contributed by atoms with Gasteiger partial charge in [-0.15, -0.1) is 0 Å². The molecule has 1 aromatic rings. The average Bonchev–Trinajstić information content (AvgIpc) is 2.47. The van der Waals surface area contributed by atoms with Gasteiger partial charge >= 0.3 is 6.61 Å². The first kappa shape index (κ1) is 15.7. The molecule has 1 aliphatic heterocycles. The number of nitrogens with two attached hydrogens (primary N) is 1. The van der Waals surface area contributed by atoms with Crippen molar-refractivity contribution in [1.82, 2.24) is 4.90 Å². The van der Waals surface area contributed by atoms with Gasteiger partial charge in [-0.2, -0.15) is 8.78 Å². The van der Waals surface area contributed by atoms with Gasteiger partial charge in [0.05, 0.1) is 0 Å². The highest BCUT2D eigenvalue weighted by Crippen LogP contribution is 2.30. The number of hydrogen-bond donors (Lipinski definition) is 1. The smallest absolute Gasteiger partial charge is 0.387 e. The molecule has 21 heavy (non-hydrogen) atoms. The molecule has 0 atom stereocenters. The van der Waals surface area contributed by atoms with E-state index in [4.69, 9.17) is 5.73 Å². The van der Waals surface area contributed by atoms with Gasteiger partial charge in [0.1, 0.15) is 5.75 Å². The minimum absolute atomic E-state index is 0.0518. The third-order valence-electron chi connectivity index (χ3n) is 4.08. The molecule has 1 saturated heterocycles. The maximum Gasteiger partial charge on any atom is 0.387 e. The Morgan fingerprint density at radius 1 is 1.33 bits per heavy atom. The molecule has 4 nitrogen and oxygen atoms in total. The molecule has 0 saturated carbocycles. The number of benzene rings is 1. The van der Waals surface area contributed by atoms with Gasteiger partial charge in [0, 0.05) is 18.7 Å². The topological polar surface area (TPSA) is 55.6 Å². The summed E-state index contributed by atoms with van der Waals surface area (Å²) in [6.07, 6.45) is 1.75. The lowest BCUT2D eigenvalue weighted by Crippen LogP contribution is -2.44. The van der Waals surface area contributed by atoms with Crippen LogP contribution in [0.4, 0.5) is 8.78 Å². The maximum absolute atomic E-state index is 12.3. The summed E-state index contributed by atoms with van der Waals surface area (Å²) >= 11 is 0.